The summed E-state index contributed by atoms with van der Waals surface area (Å²) < 4.78 is 28.8. The molecule has 0 radical (unpaired) electrons. The van der Waals surface area contributed by atoms with E-state index in [2.05, 4.69) is 16.7 Å². The third-order valence-electron chi connectivity index (χ3n) is 5.58. The Labute approximate surface area is 192 Å². The van der Waals surface area contributed by atoms with Gasteiger partial charge in [-0.05, 0) is 28.8 Å². The zero-order valence-electron chi connectivity index (χ0n) is 18.1. The highest BCUT2D eigenvalue weighted by Crippen LogP contribution is 2.24. The van der Waals surface area contributed by atoms with Gasteiger partial charge in [0.05, 0.1) is 11.0 Å². The number of rotatable bonds is 7. The second-order valence-electron chi connectivity index (χ2n) is 7.98. The van der Waals surface area contributed by atoms with Crippen LogP contribution in [0.3, 0.4) is 0 Å². The molecule has 2 aromatic carbocycles. The average Bonchev–Trinajstić information content (AvgIpc) is 2.78. The Morgan fingerprint density at radius 3 is 2.39 bits per heavy atom. The molecule has 9 nitrogen and oxygen atoms in total. The van der Waals surface area contributed by atoms with Gasteiger partial charge in [-0.1, -0.05) is 36.4 Å². The number of nitriles is 1. The molecule has 2 amide bonds. The minimum absolute atomic E-state index is 0.185. The number of sulfone groups is 1. The number of nitrogens with zero attached hydrogens (tertiary/aromatic N) is 1. The van der Waals surface area contributed by atoms with Crippen molar-refractivity contribution in [3.05, 3.63) is 54.1 Å². The van der Waals surface area contributed by atoms with Crippen molar-refractivity contribution in [2.45, 2.75) is 35.7 Å². The maximum Gasteiger partial charge on any atom is 0.405 e. The number of amides is 2. The number of ether oxygens (including phenoxy) is 1. The fourth-order valence-corrected chi connectivity index (χ4v) is 4.40. The maximum atomic E-state index is 12.9. The summed E-state index contributed by atoms with van der Waals surface area (Å²) in [6, 6.07) is 15.1. The largest absolute Gasteiger partial charge is 0.465 e. The molecule has 0 spiro atoms. The highest BCUT2D eigenvalue weighted by molar-refractivity contribution is 7.90. The summed E-state index contributed by atoms with van der Waals surface area (Å²) in [5.74, 6) is -0.547. The minimum atomic E-state index is -3.32. The normalized spacial score (nSPS) is 16.2. The molecule has 1 atom stereocenters. The van der Waals surface area contributed by atoms with Crippen LogP contribution in [0.25, 0.3) is 11.1 Å². The van der Waals surface area contributed by atoms with Crippen LogP contribution in [-0.4, -0.2) is 56.6 Å². The van der Waals surface area contributed by atoms with Crippen LogP contribution in [0.1, 0.15) is 18.4 Å². The van der Waals surface area contributed by atoms with Gasteiger partial charge in [0.1, 0.15) is 11.6 Å². The Balaban J connectivity index is 1.71. The van der Waals surface area contributed by atoms with Gasteiger partial charge in [-0.15, -0.1) is 0 Å². The highest BCUT2D eigenvalue weighted by atomic mass is 32.2. The summed E-state index contributed by atoms with van der Waals surface area (Å²) in [6.07, 6.45) is 0.443. The van der Waals surface area contributed by atoms with Gasteiger partial charge in [0, 0.05) is 38.7 Å². The van der Waals surface area contributed by atoms with Crippen molar-refractivity contribution in [2.75, 3.05) is 19.5 Å². The van der Waals surface area contributed by atoms with Crippen LogP contribution < -0.4 is 10.6 Å². The highest BCUT2D eigenvalue weighted by Gasteiger charge is 2.42. The standard InChI is InChI=1S/C23H25N3O6S/c1-33(30,31)20-4-2-3-18(14-20)17-7-5-16(6-8-17)13-19(15-24)25-21(27)23(26-22(28)29)9-11-32-12-10-23/h2-8,14,19,26H,9-13H2,1H3,(H,25,27)(H,28,29). The summed E-state index contributed by atoms with van der Waals surface area (Å²) in [4.78, 5) is 24.3. The quantitative estimate of drug-likeness (QED) is 0.561. The van der Waals surface area contributed by atoms with Gasteiger partial charge >= 0.3 is 6.09 Å². The molecule has 1 fully saturated rings. The molecule has 1 heterocycles. The Morgan fingerprint density at radius 2 is 1.82 bits per heavy atom. The molecule has 10 heteroatoms. The third kappa shape index (κ3) is 6.09. The molecule has 2 aromatic rings. The fourth-order valence-electron chi connectivity index (χ4n) is 3.73. The Bertz CT molecular complexity index is 1170. The monoisotopic (exact) mass is 471 g/mol. The zero-order chi connectivity index (χ0) is 24.1. The topological polar surface area (TPSA) is 146 Å². The molecule has 3 N–H and O–H groups in total. The van der Waals surface area contributed by atoms with Crippen molar-refractivity contribution < 1.29 is 27.9 Å². The molecule has 3 rings (SSSR count). The lowest BCUT2D eigenvalue weighted by atomic mass is 9.88. The zero-order valence-corrected chi connectivity index (χ0v) is 18.9. The summed E-state index contributed by atoms with van der Waals surface area (Å²) in [7, 11) is -3.32. The van der Waals surface area contributed by atoms with E-state index in [9.17, 15) is 23.3 Å². The van der Waals surface area contributed by atoms with Crippen LogP contribution in [0.4, 0.5) is 4.79 Å². The van der Waals surface area contributed by atoms with Crippen molar-refractivity contribution in [2.24, 2.45) is 0 Å². The van der Waals surface area contributed by atoms with Crippen molar-refractivity contribution in [3.63, 3.8) is 0 Å². The fraction of sp³-hybridized carbons (Fsp3) is 0.348. The van der Waals surface area contributed by atoms with Gasteiger partial charge in [-0.2, -0.15) is 5.26 Å². The smallest absolute Gasteiger partial charge is 0.405 e. The van der Waals surface area contributed by atoms with Gasteiger partial charge in [0.25, 0.3) is 0 Å². The van der Waals surface area contributed by atoms with Gasteiger partial charge < -0.3 is 20.5 Å². The van der Waals surface area contributed by atoms with Crippen LogP contribution in [0.15, 0.2) is 53.4 Å². The van der Waals surface area contributed by atoms with Crippen molar-refractivity contribution in [1.29, 1.82) is 5.26 Å². The van der Waals surface area contributed by atoms with E-state index >= 15 is 0 Å². The Morgan fingerprint density at radius 1 is 1.15 bits per heavy atom. The average molecular weight is 472 g/mol. The Hall–Kier alpha value is -3.42. The van der Waals surface area contributed by atoms with Gasteiger partial charge in [0.2, 0.25) is 5.91 Å². The molecular formula is C23H25N3O6S. The first-order valence-electron chi connectivity index (χ1n) is 10.3. The molecular weight excluding hydrogens is 446 g/mol. The number of benzene rings is 2. The number of nitrogens with one attached hydrogen (secondary N) is 2. The summed E-state index contributed by atoms with van der Waals surface area (Å²) in [5.41, 5.74) is 1.02. The van der Waals surface area contributed by atoms with Crippen molar-refractivity contribution in [3.8, 4) is 17.2 Å². The molecule has 0 bridgehead atoms. The van der Waals surface area contributed by atoms with Gasteiger partial charge in [0.15, 0.2) is 9.84 Å². The van der Waals surface area contributed by atoms with Crippen LogP contribution >= 0.6 is 0 Å². The first-order chi connectivity index (χ1) is 15.6. The van der Waals surface area contributed by atoms with Crippen LogP contribution in [-0.2, 0) is 25.8 Å². The van der Waals surface area contributed by atoms with Crippen LogP contribution in [0.2, 0.25) is 0 Å². The van der Waals surface area contributed by atoms with E-state index in [1.54, 1.807) is 24.3 Å². The molecule has 1 saturated heterocycles. The molecule has 0 aromatic heterocycles. The van der Waals surface area contributed by atoms with Gasteiger partial charge in [-0.25, -0.2) is 13.2 Å². The predicted molar refractivity (Wildman–Crippen MR) is 120 cm³/mol. The lowest BCUT2D eigenvalue weighted by molar-refractivity contribution is -0.131. The van der Waals surface area contributed by atoms with E-state index < -0.39 is 33.4 Å². The number of hydrogen-bond donors (Lipinski definition) is 3. The summed E-state index contributed by atoms with van der Waals surface area (Å²) in [5, 5.41) is 23.7. The second-order valence-corrected chi connectivity index (χ2v) is 10.00. The first kappa shape index (κ1) is 24.2. The second kappa shape index (κ2) is 10.0. The van der Waals surface area contributed by atoms with Crippen molar-refractivity contribution >= 4 is 21.8 Å². The number of carbonyl (C=O) groups excluding carboxylic acids is 1. The van der Waals surface area contributed by atoms with Crippen molar-refractivity contribution in [1.82, 2.24) is 10.6 Å². The van der Waals surface area contributed by atoms with E-state index in [4.69, 9.17) is 9.84 Å². The molecule has 1 aliphatic rings. The number of carboxylic acid groups (broad SMARTS) is 1. The summed E-state index contributed by atoms with van der Waals surface area (Å²) in [6.45, 7) is 0.486. The molecule has 174 valence electrons. The minimum Gasteiger partial charge on any atom is -0.465 e. The van der Waals surface area contributed by atoms with E-state index in [0.29, 0.717) is 0 Å². The SMILES string of the molecule is CS(=O)(=O)c1cccc(-c2ccc(CC(C#N)NC(=O)C3(NC(=O)O)CCOCC3)cc2)c1. The van der Waals surface area contributed by atoms with E-state index in [1.165, 1.54) is 6.07 Å². The van der Waals surface area contributed by atoms with Crippen LogP contribution in [0, 0.1) is 11.3 Å². The van der Waals surface area contributed by atoms with E-state index in [-0.39, 0.29) is 37.4 Å². The lowest BCUT2D eigenvalue weighted by Gasteiger charge is -2.36. The maximum absolute atomic E-state index is 12.9. The number of hydrogen-bond acceptors (Lipinski definition) is 6. The third-order valence-corrected chi connectivity index (χ3v) is 6.69. The van der Waals surface area contributed by atoms with E-state index in [0.717, 1.165) is 22.9 Å². The Kier molecular flexibility index (Phi) is 7.36. The number of carbonyl (C=O) groups is 2. The molecule has 33 heavy (non-hydrogen) atoms. The first-order valence-corrected chi connectivity index (χ1v) is 12.2. The molecule has 0 saturated carbocycles. The van der Waals surface area contributed by atoms with Crippen LogP contribution in [0.5, 0.6) is 0 Å². The van der Waals surface area contributed by atoms with E-state index in [1.807, 2.05) is 18.2 Å². The molecule has 1 unspecified atom stereocenters. The molecule has 0 aliphatic carbocycles. The van der Waals surface area contributed by atoms with Gasteiger partial charge in [-0.3, -0.25) is 4.79 Å². The predicted octanol–water partition coefficient (Wildman–Crippen LogP) is 2.12. The lowest BCUT2D eigenvalue weighted by Crippen LogP contribution is -2.62. The summed E-state index contributed by atoms with van der Waals surface area (Å²) >= 11 is 0. The molecule has 1 aliphatic heterocycles.